The van der Waals surface area contributed by atoms with E-state index in [4.69, 9.17) is 0 Å². The molecule has 1 heterocycles. The van der Waals surface area contributed by atoms with Crippen LogP contribution >= 0.6 is 0 Å². The fourth-order valence-corrected chi connectivity index (χ4v) is 7.00. The van der Waals surface area contributed by atoms with Gasteiger partial charge in [0.1, 0.15) is 0 Å². The summed E-state index contributed by atoms with van der Waals surface area (Å²) in [4.78, 5) is 0. The number of hydrogen-bond acceptors (Lipinski definition) is 0. The molecule has 0 radical (unpaired) electrons. The van der Waals surface area contributed by atoms with Crippen molar-refractivity contribution in [3.8, 4) is 27.9 Å². The maximum absolute atomic E-state index is 2.50. The van der Waals surface area contributed by atoms with E-state index in [0.29, 0.717) is 0 Å². The van der Waals surface area contributed by atoms with Gasteiger partial charge in [-0.3, -0.25) is 0 Å². The number of nitrogens with zero attached hydrogens (tertiary/aromatic N) is 1. The lowest BCUT2D eigenvalue weighted by Crippen LogP contribution is -2.15. The van der Waals surface area contributed by atoms with Crippen molar-refractivity contribution in [1.82, 2.24) is 4.57 Å². The van der Waals surface area contributed by atoms with E-state index in [2.05, 4.69) is 147 Å². The van der Waals surface area contributed by atoms with Crippen molar-refractivity contribution < 1.29 is 0 Å². The second kappa shape index (κ2) is 7.94. The Hall–Kier alpha value is -4.62. The summed E-state index contributed by atoms with van der Waals surface area (Å²) >= 11 is 0. The van der Waals surface area contributed by atoms with E-state index in [1.165, 1.54) is 77.2 Å². The Balaban J connectivity index is 1.53. The first-order valence-corrected chi connectivity index (χ1v) is 13.8. The van der Waals surface area contributed by atoms with Crippen molar-refractivity contribution in [1.29, 1.82) is 0 Å². The summed E-state index contributed by atoms with van der Waals surface area (Å²) in [5.74, 6) is 0. The van der Waals surface area contributed by atoms with Crippen LogP contribution < -0.4 is 0 Å². The van der Waals surface area contributed by atoms with E-state index in [1.54, 1.807) is 0 Å². The quantitative estimate of drug-likeness (QED) is 0.223. The van der Waals surface area contributed by atoms with Gasteiger partial charge in [-0.25, -0.2) is 0 Å². The summed E-state index contributed by atoms with van der Waals surface area (Å²) in [7, 11) is 0. The van der Waals surface area contributed by atoms with Gasteiger partial charge in [-0.1, -0.05) is 123 Å². The fraction of sp³-hybridized carbons (Fsp3) is 0.105. The molecule has 0 atom stereocenters. The second-order valence-electron chi connectivity index (χ2n) is 11.5. The zero-order chi connectivity index (χ0) is 26.3. The van der Waals surface area contributed by atoms with Crippen molar-refractivity contribution in [3.63, 3.8) is 0 Å². The van der Waals surface area contributed by atoms with Gasteiger partial charge in [0, 0.05) is 21.6 Å². The van der Waals surface area contributed by atoms with Crippen molar-refractivity contribution in [2.24, 2.45) is 0 Å². The van der Waals surface area contributed by atoms with E-state index in [1.807, 2.05) is 0 Å². The van der Waals surface area contributed by atoms with Crippen molar-refractivity contribution >= 4 is 32.6 Å². The minimum atomic E-state index is -0.0799. The summed E-state index contributed by atoms with van der Waals surface area (Å²) in [6.07, 6.45) is 0. The molecule has 1 aliphatic carbocycles. The van der Waals surface area contributed by atoms with Crippen LogP contribution in [0.1, 0.15) is 30.5 Å². The number of para-hydroxylation sites is 1. The molecule has 0 fully saturated rings. The maximum atomic E-state index is 2.50. The lowest BCUT2D eigenvalue weighted by molar-refractivity contribution is 0.660. The number of fused-ring (bicyclic) bond motifs is 8. The Labute approximate surface area is 229 Å². The molecule has 1 aromatic heterocycles. The molecule has 1 nitrogen and oxygen atoms in total. The van der Waals surface area contributed by atoms with Gasteiger partial charge in [0.2, 0.25) is 0 Å². The summed E-state index contributed by atoms with van der Waals surface area (Å²) < 4.78 is 2.50. The van der Waals surface area contributed by atoms with Crippen LogP contribution in [0.5, 0.6) is 0 Å². The Morgan fingerprint density at radius 2 is 1.23 bits per heavy atom. The molecule has 6 aromatic carbocycles. The van der Waals surface area contributed by atoms with Crippen LogP contribution in [-0.4, -0.2) is 4.57 Å². The van der Waals surface area contributed by atoms with Crippen molar-refractivity contribution in [2.45, 2.75) is 26.2 Å². The highest BCUT2D eigenvalue weighted by Gasteiger charge is 2.37. The molecule has 0 bridgehead atoms. The van der Waals surface area contributed by atoms with E-state index < -0.39 is 0 Å². The highest BCUT2D eigenvalue weighted by Crippen LogP contribution is 2.53. The summed E-state index contributed by atoms with van der Waals surface area (Å²) in [6, 6.07) is 44.8. The van der Waals surface area contributed by atoms with Gasteiger partial charge < -0.3 is 4.57 Å². The molecule has 0 amide bonds. The lowest BCUT2D eigenvalue weighted by Gasteiger charge is -2.23. The Morgan fingerprint density at radius 3 is 2.05 bits per heavy atom. The molecule has 1 heteroatoms. The molecule has 0 spiro atoms. The van der Waals surface area contributed by atoms with Gasteiger partial charge in [-0.15, -0.1) is 0 Å². The van der Waals surface area contributed by atoms with Gasteiger partial charge in [0.25, 0.3) is 0 Å². The van der Waals surface area contributed by atoms with Gasteiger partial charge in [-0.05, 0) is 63.9 Å². The van der Waals surface area contributed by atoms with Crippen LogP contribution in [0.3, 0.4) is 0 Å². The second-order valence-corrected chi connectivity index (χ2v) is 11.5. The topological polar surface area (TPSA) is 4.93 Å². The molecule has 0 N–H and O–H groups in total. The van der Waals surface area contributed by atoms with Gasteiger partial charge in [0.15, 0.2) is 0 Å². The van der Waals surface area contributed by atoms with Crippen LogP contribution in [0.15, 0.2) is 121 Å². The molecule has 8 rings (SSSR count). The Kier molecular flexibility index (Phi) is 4.56. The molecule has 186 valence electrons. The van der Waals surface area contributed by atoms with E-state index in [0.717, 1.165) is 0 Å². The molecule has 39 heavy (non-hydrogen) atoms. The van der Waals surface area contributed by atoms with Gasteiger partial charge in [0.05, 0.1) is 16.7 Å². The third kappa shape index (κ3) is 3.02. The highest BCUT2D eigenvalue weighted by molar-refractivity contribution is 6.17. The van der Waals surface area contributed by atoms with Crippen LogP contribution in [0.25, 0.3) is 60.5 Å². The third-order valence-electron chi connectivity index (χ3n) is 8.84. The maximum Gasteiger partial charge on any atom is 0.0547 e. The van der Waals surface area contributed by atoms with Crippen LogP contribution in [0, 0.1) is 6.92 Å². The number of benzene rings is 6. The average molecular weight is 500 g/mol. The largest absolute Gasteiger partial charge is 0.309 e. The molecule has 1 aliphatic rings. The number of hydrogen-bond donors (Lipinski definition) is 0. The van der Waals surface area contributed by atoms with Crippen LogP contribution in [0.2, 0.25) is 0 Å². The predicted octanol–water partition coefficient (Wildman–Crippen LogP) is 10.2. The normalized spacial score (nSPS) is 13.7. The molecule has 0 aliphatic heterocycles. The number of rotatable bonds is 2. The minimum absolute atomic E-state index is 0.0799. The van der Waals surface area contributed by atoms with Crippen molar-refractivity contribution in [3.05, 3.63) is 138 Å². The first-order valence-electron chi connectivity index (χ1n) is 13.8. The molecule has 0 unspecified atom stereocenters. The monoisotopic (exact) mass is 499 g/mol. The van der Waals surface area contributed by atoms with E-state index in [-0.39, 0.29) is 5.41 Å². The minimum Gasteiger partial charge on any atom is -0.309 e. The van der Waals surface area contributed by atoms with Crippen LogP contribution in [-0.2, 0) is 5.41 Å². The number of aryl methyl sites for hydroxylation is 1. The molecule has 0 saturated heterocycles. The highest BCUT2D eigenvalue weighted by atomic mass is 15.0. The van der Waals surface area contributed by atoms with Crippen LogP contribution in [0.4, 0.5) is 0 Å². The Morgan fingerprint density at radius 1 is 0.538 bits per heavy atom. The lowest BCUT2D eigenvalue weighted by atomic mass is 9.81. The first-order chi connectivity index (χ1) is 19.0. The smallest absolute Gasteiger partial charge is 0.0547 e. The number of aromatic nitrogens is 1. The summed E-state index contributed by atoms with van der Waals surface area (Å²) in [5.41, 5.74) is 13.1. The molecule has 0 saturated carbocycles. The standard InChI is InChI=1S/C38H29N/c1-24-20-21-29-31(22-24)38(2,3)32-23-35(27-14-7-8-15-28(27)36(29)32)39-33-18-10-9-16-30(33)37-26(17-11-19-34(37)39)25-12-5-4-6-13-25/h4-23H,1-3H3. The zero-order valence-electron chi connectivity index (χ0n) is 22.5. The van der Waals surface area contributed by atoms with Gasteiger partial charge in [-0.2, -0.15) is 0 Å². The summed E-state index contributed by atoms with van der Waals surface area (Å²) in [6.45, 7) is 6.97. The summed E-state index contributed by atoms with van der Waals surface area (Å²) in [5, 5.41) is 5.20. The fourth-order valence-electron chi connectivity index (χ4n) is 7.00. The van der Waals surface area contributed by atoms with Crippen molar-refractivity contribution in [2.75, 3.05) is 0 Å². The average Bonchev–Trinajstić information content (AvgIpc) is 3.42. The molecular weight excluding hydrogens is 470 g/mol. The predicted molar refractivity (Wildman–Crippen MR) is 166 cm³/mol. The SMILES string of the molecule is Cc1ccc2c(c1)C(C)(C)c1cc(-n3c4ccccc4c4c(-c5ccccc5)cccc43)c3ccccc3c1-2. The first kappa shape index (κ1) is 22.4. The van der Waals surface area contributed by atoms with Gasteiger partial charge >= 0.3 is 0 Å². The molecule has 7 aromatic rings. The zero-order valence-corrected chi connectivity index (χ0v) is 22.5. The molecular formula is C38H29N. The van der Waals surface area contributed by atoms with E-state index in [9.17, 15) is 0 Å². The van der Waals surface area contributed by atoms with E-state index >= 15 is 0 Å². The third-order valence-corrected chi connectivity index (χ3v) is 8.84. The Bertz CT molecular complexity index is 2090.